The van der Waals surface area contributed by atoms with E-state index in [2.05, 4.69) is 265 Å². The summed E-state index contributed by atoms with van der Waals surface area (Å²) in [5.41, 5.74) is 27.8. The van der Waals surface area contributed by atoms with Crippen molar-refractivity contribution in [1.82, 2.24) is 0 Å². The molecule has 75 heavy (non-hydrogen) atoms. The van der Waals surface area contributed by atoms with Gasteiger partial charge in [-0.15, -0.1) is 0 Å². The van der Waals surface area contributed by atoms with Crippen LogP contribution in [0.4, 0.5) is 17.1 Å². The fourth-order valence-electron chi connectivity index (χ4n) is 13.5. The maximum Gasteiger partial charge on any atom is 0.143 e. The summed E-state index contributed by atoms with van der Waals surface area (Å²) >= 11 is 0. The average molecular weight is 962 g/mol. The smallest absolute Gasteiger partial charge is 0.143 e. The van der Waals surface area contributed by atoms with Crippen molar-refractivity contribution in [1.29, 1.82) is 0 Å². The summed E-state index contributed by atoms with van der Waals surface area (Å²) in [7, 11) is 0. The van der Waals surface area contributed by atoms with E-state index in [0.717, 1.165) is 44.6 Å². The molecule has 0 spiro atoms. The summed E-state index contributed by atoms with van der Waals surface area (Å²) in [4.78, 5) is 2.53. The molecule has 15 rings (SSSR count). The third kappa shape index (κ3) is 6.39. The van der Waals surface area contributed by atoms with Gasteiger partial charge in [-0.25, -0.2) is 0 Å². The summed E-state index contributed by atoms with van der Waals surface area (Å²) in [6, 6.07) is 84.1. The van der Waals surface area contributed by atoms with Gasteiger partial charge < -0.3 is 9.32 Å². The van der Waals surface area contributed by atoms with Gasteiger partial charge in [-0.1, -0.05) is 199 Å². The highest BCUT2D eigenvalue weighted by Gasteiger charge is 2.40. The third-order valence-corrected chi connectivity index (χ3v) is 17.7. The van der Waals surface area contributed by atoms with Crippen molar-refractivity contribution in [3.05, 3.63) is 258 Å². The minimum absolute atomic E-state index is 0.215. The van der Waals surface area contributed by atoms with Crippen molar-refractivity contribution >= 4 is 49.8 Å². The molecule has 1 aromatic heterocycles. The van der Waals surface area contributed by atoms with Crippen molar-refractivity contribution in [2.75, 3.05) is 4.90 Å². The lowest BCUT2D eigenvalue weighted by Gasteiger charge is -2.31. The highest BCUT2D eigenvalue weighted by atomic mass is 16.3. The Bertz CT molecular complexity index is 4390. The van der Waals surface area contributed by atoms with Crippen LogP contribution < -0.4 is 4.90 Å². The first-order valence-electron chi connectivity index (χ1n) is 26.6. The second kappa shape index (κ2) is 15.7. The van der Waals surface area contributed by atoms with Gasteiger partial charge in [0.1, 0.15) is 11.2 Å². The number of furan rings is 1. The molecule has 3 aliphatic carbocycles. The first kappa shape index (κ1) is 43.8. The van der Waals surface area contributed by atoms with Crippen molar-refractivity contribution < 1.29 is 4.42 Å². The van der Waals surface area contributed by atoms with Gasteiger partial charge in [-0.05, 0) is 172 Å². The number of hydrogen-bond acceptors (Lipinski definition) is 2. The summed E-state index contributed by atoms with van der Waals surface area (Å²) < 4.78 is 6.57. The van der Waals surface area contributed by atoms with Gasteiger partial charge in [-0.3, -0.25) is 0 Å². The number of rotatable bonds is 6. The molecule has 0 amide bonds. The molecule has 0 saturated heterocycles. The Balaban J connectivity index is 0.857. The lowest BCUT2D eigenvalue weighted by molar-refractivity contribution is 0.659. The summed E-state index contributed by atoms with van der Waals surface area (Å²) in [6.45, 7) is 14.4. The molecular formula is C73H55NO. The zero-order valence-electron chi connectivity index (χ0n) is 43.2. The Kier molecular flexibility index (Phi) is 9.15. The minimum atomic E-state index is -0.271. The van der Waals surface area contributed by atoms with Crippen LogP contribution in [-0.4, -0.2) is 0 Å². The summed E-state index contributed by atoms with van der Waals surface area (Å²) in [6.07, 6.45) is 0. The zero-order valence-corrected chi connectivity index (χ0v) is 43.2. The molecule has 0 unspecified atom stereocenters. The Morgan fingerprint density at radius 3 is 1.27 bits per heavy atom. The molecule has 11 aromatic carbocycles. The molecule has 0 N–H and O–H groups in total. The predicted octanol–water partition coefficient (Wildman–Crippen LogP) is 20.1. The number of benzene rings is 11. The quantitative estimate of drug-likeness (QED) is 0.165. The molecular weight excluding hydrogens is 907 g/mol. The highest BCUT2D eigenvalue weighted by molar-refractivity contribution is 6.10. The average Bonchev–Trinajstić information content (AvgIpc) is 4.11. The lowest BCUT2D eigenvalue weighted by Crippen LogP contribution is -2.19. The number of anilines is 3. The molecule has 1 heterocycles. The van der Waals surface area contributed by atoms with Crippen LogP contribution in [0, 0.1) is 0 Å². The third-order valence-electron chi connectivity index (χ3n) is 17.7. The Morgan fingerprint density at radius 1 is 0.280 bits per heavy atom. The van der Waals surface area contributed by atoms with Crippen LogP contribution in [0.25, 0.3) is 99.5 Å². The number of hydrogen-bond donors (Lipinski definition) is 0. The van der Waals surface area contributed by atoms with Crippen LogP contribution in [-0.2, 0) is 16.2 Å². The van der Waals surface area contributed by atoms with Crippen molar-refractivity contribution in [3.63, 3.8) is 0 Å². The van der Waals surface area contributed by atoms with Crippen LogP contribution in [0.3, 0.4) is 0 Å². The van der Waals surface area contributed by atoms with Gasteiger partial charge >= 0.3 is 0 Å². The SMILES string of the molecule is CC1(C)c2cc(-c3ccccc3)ccc2-c2ccc(N(c3ccc4c(c3)C(C)(C)c3cc(-c5ccc6ccccc6c5)ccc3-4)c3ccc4c(c3)C(C)(C)c3cc(-c5cccc6c5oc5ccccc56)ccc3-4)cc21. The van der Waals surface area contributed by atoms with E-state index in [0.29, 0.717) is 0 Å². The molecule has 12 aromatic rings. The molecule has 0 fully saturated rings. The topological polar surface area (TPSA) is 16.4 Å². The Labute approximate surface area is 439 Å². The largest absolute Gasteiger partial charge is 0.455 e. The number of para-hydroxylation sites is 2. The van der Waals surface area contributed by atoms with Gasteiger partial charge in [0.25, 0.3) is 0 Å². The van der Waals surface area contributed by atoms with Gasteiger partial charge in [-0.2, -0.15) is 0 Å². The van der Waals surface area contributed by atoms with E-state index in [-0.39, 0.29) is 16.2 Å². The maximum absolute atomic E-state index is 6.57. The van der Waals surface area contributed by atoms with E-state index in [4.69, 9.17) is 4.42 Å². The Hall–Kier alpha value is -8.72. The van der Waals surface area contributed by atoms with Crippen LogP contribution >= 0.6 is 0 Å². The van der Waals surface area contributed by atoms with Gasteiger partial charge in [0.15, 0.2) is 0 Å². The van der Waals surface area contributed by atoms with Crippen LogP contribution in [0.2, 0.25) is 0 Å². The van der Waals surface area contributed by atoms with E-state index in [9.17, 15) is 0 Å². The highest BCUT2D eigenvalue weighted by Crippen LogP contribution is 2.56. The van der Waals surface area contributed by atoms with Crippen molar-refractivity contribution in [3.8, 4) is 66.8 Å². The minimum Gasteiger partial charge on any atom is -0.455 e. The molecule has 0 radical (unpaired) electrons. The van der Waals surface area contributed by atoms with E-state index < -0.39 is 0 Å². The summed E-state index contributed by atoms with van der Waals surface area (Å²) in [5.74, 6) is 0. The fraction of sp³-hybridized carbons (Fsp3) is 0.123. The standard InChI is InChI=1S/C73H55NO/c1-71(2)63-38-48(44-15-8-7-9-16-44)25-31-55(63)58-34-28-51(41-66(58)71)74(52-29-35-59-56-32-26-49(39-64(56)72(3,4)67(59)42-52)47-24-23-45-17-10-11-18-46(45)37-47)53-30-36-60-57-33-27-50(40-65(57)73(5,6)68(60)43-53)54-20-14-21-62-61-19-12-13-22-69(61)75-70(54)62/h7-43H,1-6H3. The molecule has 0 bridgehead atoms. The molecule has 358 valence electrons. The molecule has 3 aliphatic rings. The molecule has 0 atom stereocenters. The second-order valence-corrected chi connectivity index (χ2v) is 22.9. The van der Waals surface area contributed by atoms with E-state index in [1.165, 1.54) is 105 Å². The number of fused-ring (bicyclic) bond motifs is 13. The molecule has 0 saturated carbocycles. The van der Waals surface area contributed by atoms with E-state index in [1.807, 2.05) is 6.07 Å². The normalized spacial score (nSPS) is 14.9. The zero-order chi connectivity index (χ0) is 50.5. The summed E-state index contributed by atoms with van der Waals surface area (Å²) in [5, 5.41) is 4.83. The van der Waals surface area contributed by atoms with Gasteiger partial charge in [0.05, 0.1) is 0 Å². The van der Waals surface area contributed by atoms with Gasteiger partial charge in [0.2, 0.25) is 0 Å². The van der Waals surface area contributed by atoms with Gasteiger partial charge in [0, 0.05) is 49.6 Å². The molecule has 0 aliphatic heterocycles. The monoisotopic (exact) mass is 961 g/mol. The molecule has 2 heteroatoms. The first-order chi connectivity index (χ1) is 36.4. The van der Waals surface area contributed by atoms with Crippen LogP contribution in [0.1, 0.15) is 74.9 Å². The predicted molar refractivity (Wildman–Crippen MR) is 315 cm³/mol. The first-order valence-corrected chi connectivity index (χ1v) is 26.6. The van der Waals surface area contributed by atoms with Crippen LogP contribution in [0.15, 0.2) is 229 Å². The van der Waals surface area contributed by atoms with Crippen molar-refractivity contribution in [2.24, 2.45) is 0 Å². The second-order valence-electron chi connectivity index (χ2n) is 22.9. The van der Waals surface area contributed by atoms with Crippen LogP contribution in [0.5, 0.6) is 0 Å². The van der Waals surface area contributed by atoms with E-state index in [1.54, 1.807) is 0 Å². The lowest BCUT2D eigenvalue weighted by atomic mass is 9.80. The molecule has 2 nitrogen and oxygen atoms in total. The van der Waals surface area contributed by atoms with Crippen molar-refractivity contribution in [2.45, 2.75) is 57.8 Å². The number of nitrogens with zero attached hydrogens (tertiary/aromatic N) is 1. The maximum atomic E-state index is 6.57. The Morgan fingerprint density at radius 2 is 0.693 bits per heavy atom. The van der Waals surface area contributed by atoms with E-state index >= 15 is 0 Å². The fourth-order valence-corrected chi connectivity index (χ4v) is 13.5.